The molecule has 0 saturated carbocycles. The minimum atomic E-state index is -0.673. The van der Waals surface area contributed by atoms with Crippen LogP contribution < -0.4 is 0 Å². The number of nitrogens with zero attached hydrogens (tertiary/aromatic N) is 4. The maximum Gasteiger partial charge on any atom is 0.295 e. The molecule has 2 aromatic rings. The van der Waals surface area contributed by atoms with Crippen molar-refractivity contribution in [2.24, 2.45) is 0 Å². The number of ether oxygens (including phenoxy) is 1. The summed E-state index contributed by atoms with van der Waals surface area (Å²) in [6.45, 7) is 7.48. The molecule has 1 N–H and O–H groups in total. The standard InChI is InChI=1S/C21H24N4O4S/c1-13-15(12-22-14(2)23-13)19(26)17-18(16-4-3-11-30-16)25(21(28)20(17)27)6-5-24-7-9-29-10-8-24/h3-4,11-12,18,26H,5-10H2,1-2H3/t18-/m0/s1. The smallest absolute Gasteiger partial charge is 0.295 e. The zero-order valence-electron chi connectivity index (χ0n) is 17.0. The molecule has 2 fully saturated rings. The average molecular weight is 429 g/mol. The lowest BCUT2D eigenvalue weighted by molar-refractivity contribution is -0.140. The number of Topliss-reactive ketones (excluding diaryl/α,β-unsaturated/α-hetero) is 1. The molecular formula is C21H24N4O4S. The van der Waals surface area contributed by atoms with Crippen molar-refractivity contribution in [1.82, 2.24) is 19.8 Å². The summed E-state index contributed by atoms with van der Waals surface area (Å²) >= 11 is 1.46. The zero-order valence-corrected chi connectivity index (χ0v) is 17.8. The second kappa shape index (κ2) is 8.63. The third-order valence-electron chi connectivity index (χ3n) is 5.47. The monoisotopic (exact) mass is 428 g/mol. The molecule has 0 spiro atoms. The number of aromatic nitrogens is 2. The van der Waals surface area contributed by atoms with E-state index >= 15 is 0 Å². The fourth-order valence-corrected chi connectivity index (χ4v) is 4.73. The van der Waals surface area contributed by atoms with Gasteiger partial charge in [0.1, 0.15) is 11.6 Å². The Hall–Kier alpha value is -2.62. The van der Waals surface area contributed by atoms with Gasteiger partial charge in [0.05, 0.1) is 36.1 Å². The molecule has 2 aliphatic heterocycles. The van der Waals surface area contributed by atoms with Crippen LogP contribution in [-0.4, -0.2) is 76.0 Å². The van der Waals surface area contributed by atoms with E-state index in [-0.39, 0.29) is 11.3 Å². The number of carbonyl (C=O) groups excluding carboxylic acids is 2. The molecule has 2 aromatic heterocycles. The van der Waals surface area contributed by atoms with Gasteiger partial charge in [-0.25, -0.2) is 9.97 Å². The first-order chi connectivity index (χ1) is 14.5. The number of hydrogen-bond acceptors (Lipinski definition) is 8. The van der Waals surface area contributed by atoms with Gasteiger partial charge in [-0.2, -0.15) is 0 Å². The third-order valence-corrected chi connectivity index (χ3v) is 6.39. The molecular weight excluding hydrogens is 404 g/mol. The largest absolute Gasteiger partial charge is 0.507 e. The minimum absolute atomic E-state index is 0.0972. The molecule has 0 bridgehead atoms. The Balaban J connectivity index is 1.71. The molecule has 4 rings (SSSR count). The van der Waals surface area contributed by atoms with Crippen molar-refractivity contribution in [3.05, 3.63) is 51.2 Å². The van der Waals surface area contributed by atoms with Crippen molar-refractivity contribution < 1.29 is 19.4 Å². The minimum Gasteiger partial charge on any atom is -0.507 e. The first kappa shape index (κ1) is 20.6. The lowest BCUT2D eigenvalue weighted by Gasteiger charge is -2.30. The van der Waals surface area contributed by atoms with E-state index in [1.54, 1.807) is 18.7 Å². The number of aliphatic hydroxyl groups excluding tert-OH is 1. The molecule has 2 saturated heterocycles. The van der Waals surface area contributed by atoms with Gasteiger partial charge in [-0.3, -0.25) is 14.5 Å². The molecule has 0 aromatic carbocycles. The van der Waals surface area contributed by atoms with E-state index in [1.807, 2.05) is 17.5 Å². The van der Waals surface area contributed by atoms with E-state index in [0.717, 1.165) is 18.0 Å². The fraction of sp³-hybridized carbons (Fsp3) is 0.429. The highest BCUT2D eigenvalue weighted by Crippen LogP contribution is 2.41. The van der Waals surface area contributed by atoms with Crippen molar-refractivity contribution in [3.63, 3.8) is 0 Å². The van der Waals surface area contributed by atoms with Gasteiger partial charge in [-0.1, -0.05) is 6.07 Å². The summed E-state index contributed by atoms with van der Waals surface area (Å²) in [7, 11) is 0. The zero-order chi connectivity index (χ0) is 21.3. The molecule has 8 nitrogen and oxygen atoms in total. The van der Waals surface area contributed by atoms with E-state index in [4.69, 9.17) is 4.74 Å². The first-order valence-electron chi connectivity index (χ1n) is 9.90. The fourth-order valence-electron chi connectivity index (χ4n) is 3.89. The number of amides is 1. The van der Waals surface area contributed by atoms with Crippen LogP contribution in [0.25, 0.3) is 5.76 Å². The Kier molecular flexibility index (Phi) is 5.94. The van der Waals surface area contributed by atoms with Crippen LogP contribution in [0, 0.1) is 13.8 Å². The van der Waals surface area contributed by atoms with Gasteiger partial charge in [-0.05, 0) is 25.3 Å². The molecule has 158 valence electrons. The Labute approximate surface area is 178 Å². The molecule has 0 aliphatic carbocycles. The molecule has 0 unspecified atom stereocenters. The molecule has 4 heterocycles. The molecule has 1 atom stereocenters. The quantitative estimate of drug-likeness (QED) is 0.441. The normalized spacial score (nSPS) is 22.1. The van der Waals surface area contributed by atoms with Crippen LogP contribution in [0.1, 0.15) is 28.0 Å². The predicted octanol–water partition coefficient (Wildman–Crippen LogP) is 1.91. The predicted molar refractivity (Wildman–Crippen MR) is 112 cm³/mol. The number of thiophene rings is 1. The van der Waals surface area contributed by atoms with Crippen LogP contribution in [0.3, 0.4) is 0 Å². The lowest BCUT2D eigenvalue weighted by atomic mass is 10.00. The Bertz CT molecular complexity index is 983. The van der Waals surface area contributed by atoms with Gasteiger partial charge in [0.25, 0.3) is 11.7 Å². The van der Waals surface area contributed by atoms with Gasteiger partial charge < -0.3 is 14.7 Å². The van der Waals surface area contributed by atoms with Crippen LogP contribution in [0.15, 0.2) is 29.3 Å². The highest BCUT2D eigenvalue weighted by atomic mass is 32.1. The topological polar surface area (TPSA) is 95.9 Å². The molecule has 9 heteroatoms. The highest BCUT2D eigenvalue weighted by Gasteiger charge is 2.46. The maximum absolute atomic E-state index is 13.0. The van der Waals surface area contributed by atoms with Crippen molar-refractivity contribution >= 4 is 28.8 Å². The summed E-state index contributed by atoms with van der Waals surface area (Å²) in [6.07, 6.45) is 1.50. The summed E-state index contributed by atoms with van der Waals surface area (Å²) in [6, 6.07) is 3.14. The van der Waals surface area contributed by atoms with E-state index in [1.165, 1.54) is 17.5 Å². The van der Waals surface area contributed by atoms with Gasteiger partial charge in [0.2, 0.25) is 0 Å². The number of hydrogen-bond donors (Lipinski definition) is 1. The summed E-state index contributed by atoms with van der Waals surface area (Å²) in [4.78, 5) is 39.0. The van der Waals surface area contributed by atoms with Gasteiger partial charge >= 0.3 is 0 Å². The van der Waals surface area contributed by atoms with E-state index in [2.05, 4.69) is 14.9 Å². The number of likely N-dealkylation sites (tertiary alicyclic amines) is 1. The summed E-state index contributed by atoms with van der Waals surface area (Å²) in [5.41, 5.74) is 1.03. The molecule has 1 amide bonds. The van der Waals surface area contributed by atoms with E-state index in [0.29, 0.717) is 43.4 Å². The number of morpholine rings is 1. The Morgan fingerprint density at radius 3 is 2.70 bits per heavy atom. The van der Waals surface area contributed by atoms with Crippen LogP contribution in [0.5, 0.6) is 0 Å². The summed E-state index contributed by atoms with van der Waals surface area (Å²) in [5, 5.41) is 13.0. The van der Waals surface area contributed by atoms with Crippen molar-refractivity contribution in [2.75, 3.05) is 39.4 Å². The average Bonchev–Trinajstić information content (AvgIpc) is 3.34. The third kappa shape index (κ3) is 3.88. The van der Waals surface area contributed by atoms with Crippen LogP contribution >= 0.6 is 11.3 Å². The number of rotatable bonds is 5. The lowest BCUT2D eigenvalue weighted by Crippen LogP contribution is -2.42. The van der Waals surface area contributed by atoms with Crippen molar-refractivity contribution in [1.29, 1.82) is 0 Å². The summed E-state index contributed by atoms with van der Waals surface area (Å²) < 4.78 is 5.38. The number of aryl methyl sites for hydroxylation is 2. The Morgan fingerprint density at radius 2 is 2.03 bits per heavy atom. The van der Waals surface area contributed by atoms with E-state index < -0.39 is 17.7 Å². The van der Waals surface area contributed by atoms with Gasteiger partial charge in [0.15, 0.2) is 0 Å². The molecule has 30 heavy (non-hydrogen) atoms. The number of ketones is 1. The van der Waals surface area contributed by atoms with E-state index in [9.17, 15) is 14.7 Å². The number of carbonyl (C=O) groups is 2. The maximum atomic E-state index is 13.0. The first-order valence-corrected chi connectivity index (χ1v) is 10.8. The van der Waals surface area contributed by atoms with Crippen molar-refractivity contribution in [3.8, 4) is 0 Å². The van der Waals surface area contributed by atoms with Crippen LogP contribution in [0.4, 0.5) is 0 Å². The SMILES string of the molecule is Cc1ncc(C(O)=C2C(=O)C(=O)N(CCN3CCOCC3)[C@H]2c2cccs2)c(C)n1. The number of aliphatic hydroxyl groups is 1. The second-order valence-electron chi connectivity index (χ2n) is 7.38. The molecule has 0 radical (unpaired) electrons. The van der Waals surface area contributed by atoms with Crippen molar-refractivity contribution in [2.45, 2.75) is 19.9 Å². The highest BCUT2D eigenvalue weighted by molar-refractivity contribution is 7.10. The summed E-state index contributed by atoms with van der Waals surface area (Å²) in [5.74, 6) is -0.912. The Morgan fingerprint density at radius 1 is 1.27 bits per heavy atom. The van der Waals surface area contributed by atoms with Crippen LogP contribution in [-0.2, 0) is 14.3 Å². The van der Waals surface area contributed by atoms with Crippen LogP contribution in [0.2, 0.25) is 0 Å². The molecule has 2 aliphatic rings. The van der Waals surface area contributed by atoms with Gasteiger partial charge in [-0.15, -0.1) is 11.3 Å². The van der Waals surface area contributed by atoms with Gasteiger partial charge in [0, 0.05) is 37.3 Å². The second-order valence-corrected chi connectivity index (χ2v) is 8.36.